The molecule has 0 saturated carbocycles. The highest BCUT2D eigenvalue weighted by molar-refractivity contribution is 7.09. The standard InChI is InChI=1S/C10H17NO2S/c1-4-9(13-5-2)10-11-8(6-12-3)7-14-10/h7,9H,4-6H2,1-3H3. The molecule has 4 heteroatoms. The van der Waals surface area contributed by atoms with Crippen molar-refractivity contribution in [2.24, 2.45) is 0 Å². The lowest BCUT2D eigenvalue weighted by molar-refractivity contribution is 0.0593. The molecule has 1 heterocycles. The second-order valence-corrected chi connectivity index (χ2v) is 3.85. The van der Waals surface area contributed by atoms with Crippen LogP contribution in [-0.4, -0.2) is 18.7 Å². The Balaban J connectivity index is 2.63. The van der Waals surface area contributed by atoms with Crippen LogP contribution in [0.15, 0.2) is 5.38 Å². The zero-order valence-corrected chi connectivity index (χ0v) is 9.76. The van der Waals surface area contributed by atoms with E-state index < -0.39 is 0 Å². The Morgan fingerprint density at radius 3 is 2.86 bits per heavy atom. The predicted octanol–water partition coefficient (Wildman–Crippen LogP) is 2.78. The molecule has 1 atom stereocenters. The molecule has 0 spiro atoms. The molecule has 0 bridgehead atoms. The van der Waals surface area contributed by atoms with Crippen LogP contribution in [0.3, 0.4) is 0 Å². The van der Waals surface area contributed by atoms with Crippen LogP contribution in [0, 0.1) is 0 Å². The van der Waals surface area contributed by atoms with Gasteiger partial charge in [-0.15, -0.1) is 11.3 Å². The monoisotopic (exact) mass is 215 g/mol. The van der Waals surface area contributed by atoms with Crippen LogP contribution in [0.1, 0.15) is 37.1 Å². The normalized spacial score (nSPS) is 13.1. The van der Waals surface area contributed by atoms with Crippen LogP contribution in [0.2, 0.25) is 0 Å². The highest BCUT2D eigenvalue weighted by Crippen LogP contribution is 2.24. The second-order valence-electron chi connectivity index (χ2n) is 2.96. The lowest BCUT2D eigenvalue weighted by Gasteiger charge is -2.11. The Labute approximate surface area is 89.1 Å². The van der Waals surface area contributed by atoms with Gasteiger partial charge < -0.3 is 9.47 Å². The molecule has 0 N–H and O–H groups in total. The zero-order chi connectivity index (χ0) is 10.4. The molecule has 0 fully saturated rings. The number of ether oxygens (including phenoxy) is 2. The highest BCUT2D eigenvalue weighted by Gasteiger charge is 2.13. The van der Waals surface area contributed by atoms with Gasteiger partial charge in [0.2, 0.25) is 0 Å². The molecule has 0 radical (unpaired) electrons. The van der Waals surface area contributed by atoms with Gasteiger partial charge in [-0.3, -0.25) is 0 Å². The molecule has 14 heavy (non-hydrogen) atoms. The van der Waals surface area contributed by atoms with Gasteiger partial charge in [0.05, 0.1) is 12.3 Å². The number of hydrogen-bond donors (Lipinski definition) is 0. The summed E-state index contributed by atoms with van der Waals surface area (Å²) in [4.78, 5) is 4.46. The highest BCUT2D eigenvalue weighted by atomic mass is 32.1. The third kappa shape index (κ3) is 3.04. The first-order valence-electron chi connectivity index (χ1n) is 4.86. The topological polar surface area (TPSA) is 31.4 Å². The lowest BCUT2D eigenvalue weighted by atomic mass is 10.3. The van der Waals surface area contributed by atoms with E-state index in [1.54, 1.807) is 18.4 Å². The molecular formula is C10H17NO2S. The molecule has 3 nitrogen and oxygen atoms in total. The van der Waals surface area contributed by atoms with Gasteiger partial charge in [-0.25, -0.2) is 4.98 Å². The summed E-state index contributed by atoms with van der Waals surface area (Å²) in [7, 11) is 1.68. The quantitative estimate of drug-likeness (QED) is 0.731. The van der Waals surface area contributed by atoms with E-state index in [0.29, 0.717) is 6.61 Å². The number of aromatic nitrogens is 1. The van der Waals surface area contributed by atoms with Gasteiger partial charge in [0.1, 0.15) is 11.1 Å². The summed E-state index contributed by atoms with van der Waals surface area (Å²) in [5.74, 6) is 0. The fourth-order valence-electron chi connectivity index (χ4n) is 1.25. The van der Waals surface area contributed by atoms with Gasteiger partial charge in [-0.1, -0.05) is 6.92 Å². The average Bonchev–Trinajstić information content (AvgIpc) is 2.63. The summed E-state index contributed by atoms with van der Waals surface area (Å²) in [6, 6.07) is 0. The molecule has 80 valence electrons. The number of methoxy groups -OCH3 is 1. The van der Waals surface area contributed by atoms with Crippen molar-refractivity contribution < 1.29 is 9.47 Å². The summed E-state index contributed by atoms with van der Waals surface area (Å²) in [5, 5.41) is 3.09. The van der Waals surface area contributed by atoms with Gasteiger partial charge in [-0.05, 0) is 13.3 Å². The Morgan fingerprint density at radius 2 is 2.29 bits per heavy atom. The largest absolute Gasteiger partial charge is 0.378 e. The molecule has 1 unspecified atom stereocenters. The SMILES string of the molecule is CCOC(CC)c1nc(COC)cs1. The molecule has 1 rings (SSSR count). The molecule has 1 aromatic rings. The van der Waals surface area contributed by atoms with Crippen LogP contribution < -0.4 is 0 Å². The molecule has 0 amide bonds. The summed E-state index contributed by atoms with van der Waals surface area (Å²) >= 11 is 1.65. The Morgan fingerprint density at radius 1 is 1.50 bits per heavy atom. The van der Waals surface area contributed by atoms with E-state index in [2.05, 4.69) is 11.9 Å². The molecule has 0 aliphatic rings. The number of rotatable bonds is 6. The second kappa shape index (κ2) is 6.11. The fraction of sp³-hybridized carbons (Fsp3) is 0.700. The van der Waals surface area contributed by atoms with Crippen molar-refractivity contribution in [1.82, 2.24) is 4.98 Å². The molecule has 0 aliphatic heterocycles. The van der Waals surface area contributed by atoms with E-state index in [9.17, 15) is 0 Å². The summed E-state index contributed by atoms with van der Waals surface area (Å²) in [6.07, 6.45) is 1.11. The van der Waals surface area contributed by atoms with Crippen LogP contribution >= 0.6 is 11.3 Å². The smallest absolute Gasteiger partial charge is 0.122 e. The van der Waals surface area contributed by atoms with E-state index in [-0.39, 0.29) is 6.10 Å². The number of thiazole rings is 1. The van der Waals surface area contributed by atoms with Crippen molar-refractivity contribution in [1.29, 1.82) is 0 Å². The Kier molecular flexibility index (Phi) is 5.07. The molecule has 0 saturated heterocycles. The lowest BCUT2D eigenvalue weighted by Crippen LogP contribution is -2.02. The average molecular weight is 215 g/mol. The van der Waals surface area contributed by atoms with Crippen molar-refractivity contribution in [3.63, 3.8) is 0 Å². The van der Waals surface area contributed by atoms with Gasteiger partial charge in [-0.2, -0.15) is 0 Å². The van der Waals surface area contributed by atoms with Crippen LogP contribution in [0.4, 0.5) is 0 Å². The predicted molar refractivity (Wildman–Crippen MR) is 57.5 cm³/mol. The Bertz CT molecular complexity index is 262. The van der Waals surface area contributed by atoms with E-state index >= 15 is 0 Å². The maximum Gasteiger partial charge on any atom is 0.122 e. The van der Waals surface area contributed by atoms with Gasteiger partial charge in [0, 0.05) is 19.1 Å². The number of hydrogen-bond acceptors (Lipinski definition) is 4. The molecule has 1 aromatic heterocycles. The minimum Gasteiger partial charge on any atom is -0.378 e. The Hall–Kier alpha value is -0.450. The summed E-state index contributed by atoms with van der Waals surface area (Å²) in [5.41, 5.74) is 0.991. The minimum atomic E-state index is 0.149. The molecule has 0 aliphatic carbocycles. The third-order valence-corrected chi connectivity index (χ3v) is 2.86. The van der Waals surface area contributed by atoms with Crippen molar-refractivity contribution in [2.75, 3.05) is 13.7 Å². The van der Waals surface area contributed by atoms with Crippen molar-refractivity contribution in [3.8, 4) is 0 Å². The van der Waals surface area contributed by atoms with E-state index in [0.717, 1.165) is 23.7 Å². The first-order chi connectivity index (χ1) is 6.81. The summed E-state index contributed by atoms with van der Waals surface area (Å²) in [6.45, 7) is 5.43. The van der Waals surface area contributed by atoms with Crippen LogP contribution in [-0.2, 0) is 16.1 Å². The first kappa shape index (κ1) is 11.6. The minimum absolute atomic E-state index is 0.149. The first-order valence-corrected chi connectivity index (χ1v) is 5.74. The van der Waals surface area contributed by atoms with Crippen molar-refractivity contribution in [3.05, 3.63) is 16.1 Å². The molecule has 0 aromatic carbocycles. The van der Waals surface area contributed by atoms with Crippen molar-refractivity contribution in [2.45, 2.75) is 33.0 Å². The van der Waals surface area contributed by atoms with Gasteiger partial charge in [0.25, 0.3) is 0 Å². The number of nitrogens with zero attached hydrogens (tertiary/aromatic N) is 1. The van der Waals surface area contributed by atoms with Crippen molar-refractivity contribution >= 4 is 11.3 Å². The van der Waals surface area contributed by atoms with Crippen LogP contribution in [0.5, 0.6) is 0 Å². The van der Waals surface area contributed by atoms with E-state index in [1.165, 1.54) is 0 Å². The zero-order valence-electron chi connectivity index (χ0n) is 8.95. The van der Waals surface area contributed by atoms with Gasteiger partial charge >= 0.3 is 0 Å². The third-order valence-electron chi connectivity index (χ3n) is 1.88. The van der Waals surface area contributed by atoms with E-state index in [4.69, 9.17) is 9.47 Å². The maximum absolute atomic E-state index is 5.58. The summed E-state index contributed by atoms with van der Waals surface area (Å²) < 4.78 is 10.6. The van der Waals surface area contributed by atoms with Crippen LogP contribution in [0.25, 0.3) is 0 Å². The molecular weight excluding hydrogens is 198 g/mol. The maximum atomic E-state index is 5.58. The van der Waals surface area contributed by atoms with Gasteiger partial charge in [0.15, 0.2) is 0 Å². The van der Waals surface area contributed by atoms with E-state index in [1.807, 2.05) is 12.3 Å². The fourth-order valence-corrected chi connectivity index (χ4v) is 2.18.